The lowest BCUT2D eigenvalue weighted by molar-refractivity contribution is -0.117. The number of ether oxygens (including phenoxy) is 2. The van der Waals surface area contributed by atoms with Gasteiger partial charge in [-0.05, 0) is 12.1 Å². The van der Waals surface area contributed by atoms with Gasteiger partial charge in [-0.25, -0.2) is 4.79 Å². The third-order valence-corrected chi connectivity index (χ3v) is 2.46. The van der Waals surface area contributed by atoms with E-state index in [0.29, 0.717) is 17.2 Å². The van der Waals surface area contributed by atoms with Crippen molar-refractivity contribution in [3.05, 3.63) is 18.2 Å². The second kappa shape index (κ2) is 3.13. The number of fused-ring (bicyclic) bond motifs is 1. The molecular weight excluding hydrogens is 212 g/mol. The van der Waals surface area contributed by atoms with E-state index in [1.807, 2.05) is 0 Å². The van der Waals surface area contributed by atoms with Crippen LogP contribution in [0, 0.1) is 0 Å². The third-order valence-electron chi connectivity index (χ3n) is 2.46. The molecular formula is C10H8N2O4. The van der Waals surface area contributed by atoms with Crippen LogP contribution in [0.2, 0.25) is 0 Å². The van der Waals surface area contributed by atoms with Gasteiger partial charge in [-0.2, -0.15) is 0 Å². The van der Waals surface area contributed by atoms with Crippen LogP contribution in [-0.4, -0.2) is 25.3 Å². The van der Waals surface area contributed by atoms with Gasteiger partial charge in [0.05, 0.1) is 0 Å². The smallest absolute Gasteiger partial charge is 0.329 e. The Labute approximate surface area is 90.7 Å². The van der Waals surface area contributed by atoms with E-state index in [9.17, 15) is 9.59 Å². The summed E-state index contributed by atoms with van der Waals surface area (Å²) in [7, 11) is 0. The molecule has 0 unspecified atom stereocenters. The van der Waals surface area contributed by atoms with Crippen molar-refractivity contribution in [1.29, 1.82) is 0 Å². The first-order chi connectivity index (χ1) is 7.74. The molecule has 3 rings (SSSR count). The molecule has 0 aliphatic carbocycles. The van der Waals surface area contributed by atoms with E-state index >= 15 is 0 Å². The Hall–Kier alpha value is -2.24. The first kappa shape index (κ1) is 9.02. The van der Waals surface area contributed by atoms with E-state index in [1.54, 1.807) is 18.2 Å². The molecule has 0 aromatic heterocycles. The number of nitrogens with one attached hydrogen (secondary N) is 1. The molecule has 1 aromatic rings. The minimum atomic E-state index is -0.413. The maximum atomic E-state index is 11.4. The molecule has 16 heavy (non-hydrogen) atoms. The molecule has 6 heteroatoms. The highest BCUT2D eigenvalue weighted by Crippen LogP contribution is 2.35. The molecule has 1 saturated heterocycles. The topological polar surface area (TPSA) is 67.9 Å². The summed E-state index contributed by atoms with van der Waals surface area (Å²) in [5.74, 6) is 0.932. The summed E-state index contributed by atoms with van der Waals surface area (Å²) in [5, 5.41) is 2.21. The molecule has 1 fully saturated rings. The molecule has 0 saturated carbocycles. The van der Waals surface area contributed by atoms with Crippen molar-refractivity contribution in [3.8, 4) is 11.5 Å². The van der Waals surface area contributed by atoms with Crippen molar-refractivity contribution in [1.82, 2.24) is 5.32 Å². The lowest BCUT2D eigenvalue weighted by atomic mass is 10.2. The summed E-state index contributed by atoms with van der Waals surface area (Å²) in [5.41, 5.74) is 0.618. The molecule has 2 aliphatic heterocycles. The van der Waals surface area contributed by atoms with E-state index in [2.05, 4.69) is 5.32 Å². The van der Waals surface area contributed by atoms with Crippen molar-refractivity contribution < 1.29 is 19.1 Å². The second-order valence-electron chi connectivity index (χ2n) is 3.48. The standard InChI is InChI=1S/C10H8N2O4/c13-9-4-12(10(14)11-9)6-1-2-7-8(3-6)16-5-15-7/h1-3H,4-5H2,(H,11,13,14). The van der Waals surface area contributed by atoms with Crippen LogP contribution in [0.15, 0.2) is 18.2 Å². The number of hydrogen-bond donors (Lipinski definition) is 1. The van der Waals surface area contributed by atoms with Gasteiger partial charge in [-0.1, -0.05) is 0 Å². The van der Waals surface area contributed by atoms with Gasteiger partial charge >= 0.3 is 6.03 Å². The summed E-state index contributed by atoms with van der Waals surface area (Å²) in [6.07, 6.45) is 0. The molecule has 3 amide bonds. The van der Waals surface area contributed by atoms with Gasteiger partial charge in [0, 0.05) is 11.8 Å². The molecule has 6 nitrogen and oxygen atoms in total. The molecule has 82 valence electrons. The van der Waals surface area contributed by atoms with Crippen LogP contribution in [0.1, 0.15) is 0 Å². The number of benzene rings is 1. The van der Waals surface area contributed by atoms with Gasteiger partial charge in [0.2, 0.25) is 12.7 Å². The fourth-order valence-electron chi connectivity index (χ4n) is 1.70. The number of rotatable bonds is 1. The van der Waals surface area contributed by atoms with Crippen LogP contribution in [0.5, 0.6) is 11.5 Å². The Morgan fingerprint density at radius 3 is 2.75 bits per heavy atom. The Bertz CT molecular complexity index is 486. The summed E-state index contributed by atoms with van der Waals surface area (Å²) in [6.45, 7) is 0.225. The molecule has 1 aromatic carbocycles. The number of anilines is 1. The van der Waals surface area contributed by atoms with Gasteiger partial charge in [-0.3, -0.25) is 15.0 Å². The monoisotopic (exact) mass is 220 g/mol. The lowest BCUT2D eigenvalue weighted by Gasteiger charge is -2.13. The van der Waals surface area contributed by atoms with Crippen molar-refractivity contribution in [2.45, 2.75) is 0 Å². The SMILES string of the molecule is O=C1CN(c2ccc3c(c2)OCO3)C(=O)N1. The van der Waals surface area contributed by atoms with Crippen LogP contribution in [0.3, 0.4) is 0 Å². The highest BCUT2D eigenvalue weighted by atomic mass is 16.7. The average Bonchev–Trinajstić information content (AvgIpc) is 2.83. The number of carbonyl (C=O) groups is 2. The first-order valence-corrected chi connectivity index (χ1v) is 4.75. The molecule has 2 heterocycles. The van der Waals surface area contributed by atoms with Gasteiger partial charge in [0.1, 0.15) is 6.54 Å². The summed E-state index contributed by atoms with van der Waals surface area (Å²) in [6, 6.07) is 4.70. The van der Waals surface area contributed by atoms with Crippen LogP contribution in [-0.2, 0) is 4.79 Å². The minimum absolute atomic E-state index is 0.0402. The number of imide groups is 1. The van der Waals surface area contributed by atoms with E-state index in [1.165, 1.54) is 4.90 Å². The summed E-state index contributed by atoms with van der Waals surface area (Å²) < 4.78 is 10.4. The Balaban J connectivity index is 1.95. The predicted octanol–water partition coefficient (Wildman–Crippen LogP) is 0.471. The molecule has 1 N–H and O–H groups in total. The van der Waals surface area contributed by atoms with Crippen molar-refractivity contribution in [2.75, 3.05) is 18.2 Å². The largest absolute Gasteiger partial charge is 0.454 e. The van der Waals surface area contributed by atoms with Gasteiger partial charge in [0.25, 0.3) is 0 Å². The van der Waals surface area contributed by atoms with Crippen molar-refractivity contribution >= 4 is 17.6 Å². The highest BCUT2D eigenvalue weighted by molar-refractivity contribution is 6.12. The number of urea groups is 1. The van der Waals surface area contributed by atoms with Crippen LogP contribution >= 0.6 is 0 Å². The van der Waals surface area contributed by atoms with Crippen LogP contribution in [0.25, 0.3) is 0 Å². The number of carbonyl (C=O) groups excluding carboxylic acids is 2. The van der Waals surface area contributed by atoms with E-state index in [-0.39, 0.29) is 19.2 Å². The zero-order valence-corrected chi connectivity index (χ0v) is 8.23. The minimum Gasteiger partial charge on any atom is -0.454 e. The maximum absolute atomic E-state index is 11.4. The number of amides is 3. The Kier molecular flexibility index (Phi) is 1.76. The Morgan fingerprint density at radius 2 is 2.00 bits per heavy atom. The quantitative estimate of drug-likeness (QED) is 0.698. The van der Waals surface area contributed by atoms with Gasteiger partial charge in [0.15, 0.2) is 11.5 Å². The molecule has 0 atom stereocenters. The second-order valence-corrected chi connectivity index (χ2v) is 3.48. The van der Waals surface area contributed by atoms with Gasteiger partial charge < -0.3 is 9.47 Å². The van der Waals surface area contributed by atoms with Crippen molar-refractivity contribution in [3.63, 3.8) is 0 Å². The molecule has 0 spiro atoms. The van der Waals surface area contributed by atoms with Gasteiger partial charge in [-0.15, -0.1) is 0 Å². The molecule has 0 bridgehead atoms. The molecule has 0 radical (unpaired) electrons. The highest BCUT2D eigenvalue weighted by Gasteiger charge is 2.29. The molecule has 2 aliphatic rings. The maximum Gasteiger partial charge on any atom is 0.329 e. The first-order valence-electron chi connectivity index (χ1n) is 4.75. The van der Waals surface area contributed by atoms with E-state index < -0.39 is 6.03 Å². The normalized spacial score (nSPS) is 17.9. The van der Waals surface area contributed by atoms with E-state index in [4.69, 9.17) is 9.47 Å². The van der Waals surface area contributed by atoms with Crippen LogP contribution in [0.4, 0.5) is 10.5 Å². The fourth-order valence-corrected chi connectivity index (χ4v) is 1.70. The zero-order valence-electron chi connectivity index (χ0n) is 8.23. The average molecular weight is 220 g/mol. The van der Waals surface area contributed by atoms with Crippen molar-refractivity contribution in [2.24, 2.45) is 0 Å². The third kappa shape index (κ3) is 1.27. The zero-order chi connectivity index (χ0) is 11.1. The predicted molar refractivity (Wildman–Crippen MR) is 53.4 cm³/mol. The van der Waals surface area contributed by atoms with E-state index in [0.717, 1.165) is 0 Å². The summed E-state index contributed by atoms with van der Waals surface area (Å²) >= 11 is 0. The Morgan fingerprint density at radius 1 is 1.19 bits per heavy atom. The summed E-state index contributed by atoms with van der Waals surface area (Å²) in [4.78, 5) is 23.8. The fraction of sp³-hybridized carbons (Fsp3) is 0.200. The van der Waals surface area contributed by atoms with Crippen LogP contribution < -0.4 is 19.7 Å². The lowest BCUT2D eigenvalue weighted by Crippen LogP contribution is -2.27. The number of hydrogen-bond acceptors (Lipinski definition) is 4. The number of nitrogens with zero attached hydrogens (tertiary/aromatic N) is 1.